The van der Waals surface area contributed by atoms with E-state index in [0.29, 0.717) is 51.8 Å². The fourth-order valence-corrected chi connectivity index (χ4v) is 10.1. The van der Waals surface area contributed by atoms with Gasteiger partial charge in [-0.05, 0) is 84.0 Å². The number of benzene rings is 4. The molecule has 0 bridgehead atoms. The minimum atomic E-state index is -1.52. The molecule has 0 radical (unpaired) electrons. The highest BCUT2D eigenvalue weighted by atomic mass is 35.5. The third-order valence-corrected chi connectivity index (χ3v) is 12.5. The second-order valence-electron chi connectivity index (χ2n) is 14.7. The van der Waals surface area contributed by atoms with Crippen LogP contribution < -0.4 is 14.9 Å². The summed E-state index contributed by atoms with van der Waals surface area (Å²) in [6.45, 7) is 0.145. The third kappa shape index (κ3) is 5.45. The number of nitrogens with one attached hydrogen (secondary N) is 1. The molecule has 3 heterocycles. The predicted molar refractivity (Wildman–Crippen MR) is 204 cm³/mol. The average Bonchev–Trinajstić information content (AvgIpc) is 3.56. The normalized spacial score (nSPS) is 26.7. The van der Waals surface area contributed by atoms with Crippen molar-refractivity contribution in [2.24, 2.45) is 29.6 Å². The van der Waals surface area contributed by atoms with Gasteiger partial charge in [-0.15, -0.1) is 0 Å². The second-order valence-corrected chi connectivity index (χ2v) is 15.6. The number of methoxy groups -OCH3 is 1. The number of hydrogen-bond acceptors (Lipinski definition) is 8. The van der Waals surface area contributed by atoms with Gasteiger partial charge < -0.3 is 14.6 Å². The zero-order valence-corrected chi connectivity index (χ0v) is 31.1. The molecular weight excluding hydrogens is 741 g/mol. The monoisotopic (exact) mass is 775 g/mol. The topological polar surface area (TPSA) is 125 Å². The molecule has 12 heteroatoms. The number of amides is 4. The maximum atomic E-state index is 15.5. The van der Waals surface area contributed by atoms with Crippen molar-refractivity contribution in [2.45, 2.75) is 31.2 Å². The molecule has 4 aromatic rings. The first-order valence-electron chi connectivity index (χ1n) is 18.1. The molecule has 4 aromatic carbocycles. The lowest BCUT2D eigenvalue weighted by molar-refractivity contribution is -0.142. The number of halogens is 2. The molecule has 2 N–H and O–H groups in total. The van der Waals surface area contributed by atoms with Gasteiger partial charge in [0, 0.05) is 22.9 Å². The van der Waals surface area contributed by atoms with E-state index in [2.05, 4.69) is 5.43 Å². The molecule has 4 amide bonds. The molecule has 0 spiro atoms. The summed E-state index contributed by atoms with van der Waals surface area (Å²) in [7, 11) is 1.55. The standard InChI is InChI=1S/C43H35Cl2N3O7/c1-54-29-11-7-26(8-12-29)43-33(40(51)48(42(43)53)46-35-15-9-27(44)19-34(35)45)20-32-30(38(43)25-17-24-18-28(49)10-16-36(24)55-22-25)13-14-31-37(32)41(52)47(39(31)50)21-23-5-3-2-4-6-23/h2-13,15-16,18-19,22,31-33,37-38,46,49H,14,17,20-21H2,1H3. The van der Waals surface area contributed by atoms with Crippen molar-refractivity contribution in [3.63, 3.8) is 0 Å². The van der Waals surface area contributed by atoms with E-state index >= 15 is 9.59 Å². The molecule has 1 saturated carbocycles. The maximum absolute atomic E-state index is 15.5. The van der Waals surface area contributed by atoms with Gasteiger partial charge in [0.25, 0.3) is 11.8 Å². The smallest absolute Gasteiger partial charge is 0.260 e. The van der Waals surface area contributed by atoms with Crippen molar-refractivity contribution in [1.82, 2.24) is 9.91 Å². The molecule has 55 heavy (non-hydrogen) atoms. The van der Waals surface area contributed by atoms with E-state index in [9.17, 15) is 14.7 Å². The van der Waals surface area contributed by atoms with Gasteiger partial charge >= 0.3 is 0 Å². The van der Waals surface area contributed by atoms with Crippen LogP contribution in [-0.4, -0.2) is 45.8 Å². The Morgan fingerprint density at radius 3 is 2.44 bits per heavy atom. The van der Waals surface area contributed by atoms with Crippen LogP contribution in [0.1, 0.15) is 29.5 Å². The van der Waals surface area contributed by atoms with Crippen molar-refractivity contribution in [3.05, 3.63) is 141 Å². The number of anilines is 1. The fourth-order valence-electron chi connectivity index (χ4n) is 9.65. The van der Waals surface area contributed by atoms with E-state index < -0.39 is 46.8 Å². The number of aromatic hydroxyl groups is 1. The summed E-state index contributed by atoms with van der Waals surface area (Å²) in [6, 6.07) is 26.1. The average molecular weight is 777 g/mol. The number of phenolic OH excluding ortho intramolecular Hbond substituents is 1. The number of carbonyl (C=O) groups is 4. The van der Waals surface area contributed by atoms with Crippen LogP contribution >= 0.6 is 23.2 Å². The van der Waals surface area contributed by atoms with Crippen LogP contribution in [0.5, 0.6) is 17.2 Å². The molecule has 3 fully saturated rings. The Kier molecular flexibility index (Phi) is 8.51. The Hall–Kier alpha value is -5.58. The van der Waals surface area contributed by atoms with Crippen LogP contribution in [0.25, 0.3) is 0 Å². The summed E-state index contributed by atoms with van der Waals surface area (Å²) in [6.07, 6.45) is 4.37. The first-order chi connectivity index (χ1) is 26.6. The molecule has 2 aliphatic carbocycles. The summed E-state index contributed by atoms with van der Waals surface area (Å²) < 4.78 is 11.7. The summed E-state index contributed by atoms with van der Waals surface area (Å²) in [5.41, 5.74) is 5.42. The van der Waals surface area contributed by atoms with Gasteiger partial charge in [0.1, 0.15) is 17.2 Å². The zero-order valence-electron chi connectivity index (χ0n) is 29.6. The number of nitrogens with zero attached hydrogens (tertiary/aromatic N) is 2. The first-order valence-corrected chi connectivity index (χ1v) is 18.9. The van der Waals surface area contributed by atoms with Crippen molar-refractivity contribution in [3.8, 4) is 17.2 Å². The van der Waals surface area contributed by atoms with Gasteiger partial charge in [-0.25, -0.2) is 0 Å². The molecule has 2 saturated heterocycles. The quantitative estimate of drug-likeness (QED) is 0.149. The zero-order chi connectivity index (χ0) is 38.2. The SMILES string of the molecule is COc1ccc(C23C(=O)N(Nc4ccc(Cl)cc4Cl)C(=O)C2CC2C(=CCC4C(=O)N(Cc5ccccc5)C(=O)C42)C3C2=COc3ccc(O)cc3C2)cc1. The Morgan fingerprint density at radius 1 is 0.909 bits per heavy atom. The van der Waals surface area contributed by atoms with E-state index in [-0.39, 0.29) is 35.6 Å². The van der Waals surface area contributed by atoms with E-state index in [0.717, 1.165) is 16.1 Å². The number of imide groups is 2. The van der Waals surface area contributed by atoms with E-state index in [4.69, 9.17) is 32.7 Å². The Morgan fingerprint density at radius 2 is 1.69 bits per heavy atom. The predicted octanol–water partition coefficient (Wildman–Crippen LogP) is 7.24. The van der Waals surface area contributed by atoms with Crippen molar-refractivity contribution in [1.29, 1.82) is 0 Å². The summed E-state index contributed by atoms with van der Waals surface area (Å²) in [4.78, 5) is 60.4. The van der Waals surface area contributed by atoms with Crippen LogP contribution in [0, 0.1) is 29.6 Å². The highest BCUT2D eigenvalue weighted by molar-refractivity contribution is 6.36. The van der Waals surface area contributed by atoms with Crippen molar-refractivity contribution >= 4 is 52.5 Å². The van der Waals surface area contributed by atoms with Gasteiger partial charge in [-0.2, -0.15) is 5.01 Å². The largest absolute Gasteiger partial charge is 0.508 e. The molecule has 5 aliphatic rings. The van der Waals surface area contributed by atoms with Gasteiger partial charge in [0.15, 0.2) is 0 Å². The van der Waals surface area contributed by atoms with Gasteiger partial charge in [0.2, 0.25) is 11.8 Å². The lowest BCUT2D eigenvalue weighted by atomic mass is 9.48. The molecular formula is C43H35Cl2N3O7. The highest BCUT2D eigenvalue weighted by Crippen LogP contribution is 2.63. The van der Waals surface area contributed by atoms with E-state index in [1.54, 1.807) is 55.8 Å². The van der Waals surface area contributed by atoms with Gasteiger partial charge in [-0.3, -0.25) is 29.5 Å². The third-order valence-electron chi connectivity index (χ3n) is 12.0. The summed E-state index contributed by atoms with van der Waals surface area (Å²) in [5, 5.41) is 12.1. The lowest BCUT2D eigenvalue weighted by Gasteiger charge is -2.51. The highest BCUT2D eigenvalue weighted by Gasteiger charge is 2.70. The first kappa shape index (κ1) is 35.1. The minimum absolute atomic E-state index is 0.0588. The lowest BCUT2D eigenvalue weighted by Crippen LogP contribution is -2.55. The fraction of sp³-hybridized carbons (Fsp3) is 0.256. The molecule has 0 aromatic heterocycles. The Bertz CT molecular complexity index is 2350. The molecule has 9 rings (SSSR count). The molecule has 6 unspecified atom stereocenters. The number of phenols is 1. The number of likely N-dealkylation sites (tertiary alicyclic amines) is 1. The molecule has 6 atom stereocenters. The van der Waals surface area contributed by atoms with Gasteiger partial charge in [-0.1, -0.05) is 77.3 Å². The minimum Gasteiger partial charge on any atom is -0.508 e. The number of fused-ring (bicyclic) bond motifs is 5. The number of allylic oxidation sites excluding steroid dienone is 3. The number of hydrogen-bond donors (Lipinski definition) is 2. The van der Waals surface area contributed by atoms with Gasteiger partial charge in [0.05, 0.1) is 53.8 Å². The van der Waals surface area contributed by atoms with E-state index in [1.165, 1.54) is 11.0 Å². The Balaban J connectivity index is 1.22. The van der Waals surface area contributed by atoms with Crippen LogP contribution in [0.4, 0.5) is 5.69 Å². The van der Waals surface area contributed by atoms with Crippen LogP contribution in [0.3, 0.4) is 0 Å². The Labute approximate surface area is 326 Å². The maximum Gasteiger partial charge on any atom is 0.260 e. The van der Waals surface area contributed by atoms with Crippen molar-refractivity contribution < 1.29 is 33.8 Å². The molecule has 3 aliphatic heterocycles. The number of ether oxygens (including phenoxy) is 2. The number of rotatable bonds is 7. The summed E-state index contributed by atoms with van der Waals surface area (Å²) >= 11 is 12.8. The number of hydrazine groups is 1. The summed E-state index contributed by atoms with van der Waals surface area (Å²) in [5.74, 6) is -3.98. The van der Waals surface area contributed by atoms with Crippen LogP contribution in [0.2, 0.25) is 10.0 Å². The van der Waals surface area contributed by atoms with Crippen molar-refractivity contribution in [2.75, 3.05) is 12.5 Å². The molecule has 10 nitrogen and oxygen atoms in total. The van der Waals surface area contributed by atoms with E-state index in [1.807, 2.05) is 48.5 Å². The second kappa shape index (κ2) is 13.3. The van der Waals surface area contributed by atoms with Crippen LogP contribution in [0.15, 0.2) is 114 Å². The van der Waals surface area contributed by atoms with Crippen LogP contribution in [-0.2, 0) is 37.6 Å². The molecule has 278 valence electrons. The number of carbonyl (C=O) groups excluding carboxylic acids is 4.